The van der Waals surface area contributed by atoms with Gasteiger partial charge in [-0.2, -0.15) is 13.2 Å². The molecule has 0 aliphatic rings. The average molecular weight is 268 g/mol. The van der Waals surface area contributed by atoms with Gasteiger partial charge >= 0.3 is 6.18 Å². The third-order valence-corrected chi connectivity index (χ3v) is 2.81. The second-order valence-corrected chi connectivity index (χ2v) is 4.42. The molecule has 0 amide bonds. The van der Waals surface area contributed by atoms with Gasteiger partial charge in [0.1, 0.15) is 0 Å². The van der Waals surface area contributed by atoms with E-state index in [9.17, 15) is 13.2 Å². The van der Waals surface area contributed by atoms with Crippen LogP contribution in [0.1, 0.15) is 16.7 Å². The molecule has 102 valence electrons. The Bertz CT molecular complexity index is 544. The molecule has 0 unspecified atom stereocenters. The number of benzene rings is 1. The fraction of sp³-hybridized carbons (Fsp3) is 0.286. The van der Waals surface area contributed by atoms with Gasteiger partial charge in [0, 0.05) is 25.5 Å². The van der Waals surface area contributed by atoms with Crippen molar-refractivity contribution in [1.29, 1.82) is 0 Å². The predicted octanol–water partition coefficient (Wildman–Crippen LogP) is 3.27. The Morgan fingerprint density at radius 3 is 2.63 bits per heavy atom. The Hall–Kier alpha value is -1.75. The van der Waals surface area contributed by atoms with E-state index < -0.39 is 11.7 Å². The van der Waals surface area contributed by atoms with Crippen molar-refractivity contribution >= 4 is 0 Å². The number of hydrogen-bond acceptors (Lipinski definition) is 1. The Kier molecular flexibility index (Phi) is 3.95. The van der Waals surface area contributed by atoms with E-state index in [-0.39, 0.29) is 0 Å². The summed E-state index contributed by atoms with van der Waals surface area (Å²) in [6.07, 6.45) is -0.492. The summed E-state index contributed by atoms with van der Waals surface area (Å²) < 4.78 is 39.7. The van der Waals surface area contributed by atoms with Crippen molar-refractivity contribution in [1.82, 2.24) is 9.88 Å². The molecular formula is C14H15F3N2. The minimum Gasteiger partial charge on any atom is -0.350 e. The molecule has 2 nitrogen and oxygen atoms in total. The molecule has 0 saturated carbocycles. The first kappa shape index (κ1) is 13.7. The molecule has 19 heavy (non-hydrogen) atoms. The second kappa shape index (κ2) is 5.48. The first-order valence-electron chi connectivity index (χ1n) is 5.94. The number of aromatic nitrogens is 1. The second-order valence-electron chi connectivity index (χ2n) is 4.42. The number of hydrogen-bond donors (Lipinski definition) is 1. The van der Waals surface area contributed by atoms with Gasteiger partial charge in [-0.3, -0.25) is 0 Å². The van der Waals surface area contributed by atoms with Crippen LogP contribution in [0.25, 0.3) is 0 Å². The van der Waals surface area contributed by atoms with Crippen molar-refractivity contribution in [2.45, 2.75) is 19.3 Å². The van der Waals surface area contributed by atoms with Gasteiger partial charge < -0.3 is 9.88 Å². The van der Waals surface area contributed by atoms with Gasteiger partial charge in [-0.25, -0.2) is 0 Å². The molecule has 1 N–H and O–H groups in total. The van der Waals surface area contributed by atoms with Gasteiger partial charge in [0.05, 0.1) is 5.56 Å². The summed E-state index contributed by atoms with van der Waals surface area (Å²) in [6.45, 7) is 1.18. The van der Waals surface area contributed by atoms with E-state index in [4.69, 9.17) is 0 Å². The van der Waals surface area contributed by atoms with Crippen LogP contribution in [0.2, 0.25) is 0 Å². The summed E-state index contributed by atoms with van der Waals surface area (Å²) in [5.74, 6) is 0. The topological polar surface area (TPSA) is 17.0 Å². The van der Waals surface area contributed by atoms with E-state index >= 15 is 0 Å². The minimum absolute atomic E-state index is 0.438. The molecule has 1 heterocycles. The predicted molar refractivity (Wildman–Crippen MR) is 67.7 cm³/mol. The summed E-state index contributed by atoms with van der Waals surface area (Å²) in [5.41, 5.74) is 1.14. The van der Waals surface area contributed by atoms with Crippen molar-refractivity contribution in [2.75, 3.05) is 7.05 Å². The zero-order chi connectivity index (χ0) is 13.9. The molecule has 1 aromatic heterocycles. The largest absolute Gasteiger partial charge is 0.416 e. The molecule has 2 aromatic rings. The van der Waals surface area contributed by atoms with Crippen LogP contribution < -0.4 is 5.32 Å². The van der Waals surface area contributed by atoms with E-state index in [1.165, 1.54) is 12.1 Å². The average Bonchev–Trinajstić information content (AvgIpc) is 2.76. The normalized spacial score (nSPS) is 11.8. The van der Waals surface area contributed by atoms with E-state index in [0.29, 0.717) is 12.1 Å². The van der Waals surface area contributed by atoms with Gasteiger partial charge in [0.25, 0.3) is 0 Å². The maximum atomic E-state index is 12.6. The summed E-state index contributed by atoms with van der Waals surface area (Å²) in [7, 11) is 1.85. The number of nitrogens with one attached hydrogen (secondary N) is 1. The highest BCUT2D eigenvalue weighted by Gasteiger charge is 2.30. The molecule has 5 heteroatoms. The lowest BCUT2D eigenvalue weighted by molar-refractivity contribution is -0.137. The van der Waals surface area contributed by atoms with Crippen LogP contribution in [-0.2, 0) is 19.3 Å². The van der Waals surface area contributed by atoms with Crippen LogP contribution >= 0.6 is 0 Å². The monoisotopic (exact) mass is 268 g/mol. The summed E-state index contributed by atoms with van der Waals surface area (Å²) in [5, 5.41) is 3.03. The molecule has 0 spiro atoms. The molecule has 0 fully saturated rings. The van der Waals surface area contributed by atoms with Crippen LogP contribution in [0.15, 0.2) is 42.7 Å². The fourth-order valence-corrected chi connectivity index (χ4v) is 1.95. The molecule has 1 aromatic carbocycles. The summed E-state index contributed by atoms with van der Waals surface area (Å²) in [4.78, 5) is 0. The summed E-state index contributed by atoms with van der Waals surface area (Å²) >= 11 is 0. The SMILES string of the molecule is CNCc1ccn(Cc2cccc(C(F)(F)F)c2)c1. The molecule has 0 saturated heterocycles. The first-order valence-corrected chi connectivity index (χ1v) is 5.94. The molecule has 0 aliphatic carbocycles. The molecule has 0 aliphatic heterocycles. The van der Waals surface area contributed by atoms with Crippen molar-refractivity contribution in [3.8, 4) is 0 Å². The van der Waals surface area contributed by atoms with Crippen LogP contribution in [-0.4, -0.2) is 11.6 Å². The zero-order valence-electron chi connectivity index (χ0n) is 10.5. The molecule has 2 rings (SSSR count). The van der Waals surface area contributed by atoms with Gasteiger partial charge in [0.15, 0.2) is 0 Å². The van der Waals surface area contributed by atoms with Crippen LogP contribution in [0, 0.1) is 0 Å². The Balaban J connectivity index is 2.14. The number of rotatable bonds is 4. The van der Waals surface area contributed by atoms with Gasteiger partial charge in [-0.05, 0) is 36.4 Å². The quantitative estimate of drug-likeness (QED) is 0.900. The zero-order valence-corrected chi connectivity index (χ0v) is 10.5. The fourth-order valence-electron chi connectivity index (χ4n) is 1.95. The number of halogens is 3. The Morgan fingerprint density at radius 2 is 1.95 bits per heavy atom. The highest BCUT2D eigenvalue weighted by atomic mass is 19.4. The maximum absolute atomic E-state index is 12.6. The van der Waals surface area contributed by atoms with E-state index in [1.54, 1.807) is 6.07 Å². The van der Waals surface area contributed by atoms with Crippen molar-refractivity contribution in [3.05, 3.63) is 59.4 Å². The Morgan fingerprint density at radius 1 is 1.16 bits per heavy atom. The molecule has 0 radical (unpaired) electrons. The number of nitrogens with zero attached hydrogens (tertiary/aromatic N) is 1. The third kappa shape index (κ3) is 3.61. The molecular weight excluding hydrogens is 253 g/mol. The molecule has 0 atom stereocenters. The van der Waals surface area contributed by atoms with E-state index in [1.807, 2.05) is 30.1 Å². The van der Waals surface area contributed by atoms with Crippen LogP contribution in [0.4, 0.5) is 13.2 Å². The van der Waals surface area contributed by atoms with Crippen molar-refractivity contribution in [3.63, 3.8) is 0 Å². The summed E-state index contributed by atoms with van der Waals surface area (Å²) in [6, 6.07) is 7.37. The van der Waals surface area contributed by atoms with Crippen LogP contribution in [0.3, 0.4) is 0 Å². The highest BCUT2D eigenvalue weighted by molar-refractivity contribution is 5.26. The van der Waals surface area contributed by atoms with Gasteiger partial charge in [-0.1, -0.05) is 12.1 Å². The lowest BCUT2D eigenvalue weighted by atomic mass is 10.1. The minimum atomic E-state index is -4.29. The molecule has 0 bridgehead atoms. The third-order valence-electron chi connectivity index (χ3n) is 2.81. The first-order chi connectivity index (χ1) is 8.99. The standard InChI is InChI=1S/C14H15F3N2/c1-18-8-12-5-6-19(10-12)9-11-3-2-4-13(7-11)14(15,16)17/h2-7,10,18H,8-9H2,1H3. The number of alkyl halides is 3. The lowest BCUT2D eigenvalue weighted by Crippen LogP contribution is -2.06. The smallest absolute Gasteiger partial charge is 0.350 e. The van der Waals surface area contributed by atoms with Crippen molar-refractivity contribution < 1.29 is 13.2 Å². The lowest BCUT2D eigenvalue weighted by Gasteiger charge is -2.09. The Labute approximate surface area is 109 Å². The van der Waals surface area contributed by atoms with Crippen LogP contribution in [0.5, 0.6) is 0 Å². The van der Waals surface area contributed by atoms with E-state index in [0.717, 1.165) is 18.2 Å². The maximum Gasteiger partial charge on any atom is 0.416 e. The highest BCUT2D eigenvalue weighted by Crippen LogP contribution is 2.29. The van der Waals surface area contributed by atoms with Gasteiger partial charge in [-0.15, -0.1) is 0 Å². The van der Waals surface area contributed by atoms with Gasteiger partial charge in [0.2, 0.25) is 0 Å². The van der Waals surface area contributed by atoms with Crippen molar-refractivity contribution in [2.24, 2.45) is 0 Å². The van der Waals surface area contributed by atoms with E-state index in [2.05, 4.69) is 5.32 Å².